The minimum Gasteiger partial charge on any atom is -0.393 e. The molecule has 1 aliphatic rings. The van der Waals surface area contributed by atoms with E-state index in [1.165, 1.54) is 25.8 Å². The third-order valence-electron chi connectivity index (χ3n) is 2.92. The molecule has 0 radical (unpaired) electrons. The standard InChI is InChI=1S/C10H20N2S/c1-8-5-3-4-6-12(8)9(2)7-10(11)13/h8-9H,3-7H2,1-2H3,(H2,11,13). The Hall–Kier alpha value is -0.150. The van der Waals surface area contributed by atoms with Crippen molar-refractivity contribution in [2.24, 2.45) is 5.73 Å². The van der Waals surface area contributed by atoms with E-state index in [1.807, 2.05) is 0 Å². The molecule has 0 amide bonds. The maximum Gasteiger partial charge on any atom is 0.0742 e. The maximum atomic E-state index is 5.55. The Morgan fingerprint density at radius 3 is 2.85 bits per heavy atom. The number of rotatable bonds is 3. The molecule has 2 atom stereocenters. The van der Waals surface area contributed by atoms with E-state index >= 15 is 0 Å². The summed E-state index contributed by atoms with van der Waals surface area (Å²) in [6.07, 6.45) is 4.88. The summed E-state index contributed by atoms with van der Waals surface area (Å²) >= 11 is 4.93. The van der Waals surface area contributed by atoms with Crippen molar-refractivity contribution < 1.29 is 0 Å². The molecule has 0 bridgehead atoms. The minimum absolute atomic E-state index is 0.521. The summed E-state index contributed by atoms with van der Waals surface area (Å²) in [5.41, 5.74) is 5.55. The Bertz CT molecular complexity index is 182. The molecule has 2 nitrogen and oxygen atoms in total. The second kappa shape index (κ2) is 4.91. The number of hydrogen-bond donors (Lipinski definition) is 1. The van der Waals surface area contributed by atoms with Gasteiger partial charge < -0.3 is 5.73 Å². The molecule has 1 saturated heterocycles. The van der Waals surface area contributed by atoms with Crippen LogP contribution in [0, 0.1) is 0 Å². The van der Waals surface area contributed by atoms with Crippen LogP contribution in [0.25, 0.3) is 0 Å². The summed E-state index contributed by atoms with van der Waals surface area (Å²) in [4.78, 5) is 3.17. The van der Waals surface area contributed by atoms with Gasteiger partial charge >= 0.3 is 0 Å². The molecule has 3 heteroatoms. The van der Waals surface area contributed by atoms with Crippen molar-refractivity contribution in [1.29, 1.82) is 0 Å². The smallest absolute Gasteiger partial charge is 0.0742 e. The normalized spacial score (nSPS) is 27.1. The Balaban J connectivity index is 2.43. The average molecular weight is 200 g/mol. The van der Waals surface area contributed by atoms with Gasteiger partial charge in [-0.3, -0.25) is 4.90 Å². The molecule has 2 N–H and O–H groups in total. The summed E-state index contributed by atoms with van der Waals surface area (Å²) in [5, 5.41) is 0. The van der Waals surface area contributed by atoms with E-state index in [4.69, 9.17) is 18.0 Å². The Morgan fingerprint density at radius 2 is 2.31 bits per heavy atom. The first-order valence-electron chi connectivity index (χ1n) is 5.15. The highest BCUT2D eigenvalue weighted by Gasteiger charge is 2.22. The van der Waals surface area contributed by atoms with Crippen molar-refractivity contribution in [3.8, 4) is 0 Å². The Labute approximate surface area is 86.5 Å². The SMILES string of the molecule is CC1CCCCN1C(C)CC(N)=S. The topological polar surface area (TPSA) is 29.3 Å². The quantitative estimate of drug-likeness (QED) is 0.706. The van der Waals surface area contributed by atoms with Gasteiger partial charge in [-0.05, 0) is 33.2 Å². The fourth-order valence-electron chi connectivity index (χ4n) is 2.18. The third kappa shape index (κ3) is 3.24. The van der Waals surface area contributed by atoms with Gasteiger partial charge in [-0.15, -0.1) is 0 Å². The molecule has 1 heterocycles. The summed E-state index contributed by atoms with van der Waals surface area (Å²) < 4.78 is 0. The van der Waals surface area contributed by atoms with Crippen LogP contribution >= 0.6 is 12.2 Å². The predicted octanol–water partition coefficient (Wildman–Crippen LogP) is 1.93. The fraction of sp³-hybridized carbons (Fsp3) is 0.900. The highest BCUT2D eigenvalue weighted by atomic mass is 32.1. The number of hydrogen-bond acceptors (Lipinski definition) is 2. The van der Waals surface area contributed by atoms with Crippen LogP contribution in [-0.2, 0) is 0 Å². The second-order valence-corrected chi connectivity index (χ2v) is 4.63. The number of thiocarbonyl (C=S) groups is 1. The zero-order valence-corrected chi connectivity index (χ0v) is 9.44. The van der Waals surface area contributed by atoms with E-state index in [0.29, 0.717) is 17.1 Å². The van der Waals surface area contributed by atoms with Gasteiger partial charge in [-0.25, -0.2) is 0 Å². The van der Waals surface area contributed by atoms with E-state index in [2.05, 4.69) is 18.7 Å². The zero-order valence-electron chi connectivity index (χ0n) is 8.62. The van der Waals surface area contributed by atoms with Gasteiger partial charge in [0.1, 0.15) is 0 Å². The van der Waals surface area contributed by atoms with Crippen LogP contribution in [0.1, 0.15) is 39.5 Å². The Kier molecular flexibility index (Phi) is 4.13. The molecule has 0 aromatic carbocycles. The van der Waals surface area contributed by atoms with E-state index < -0.39 is 0 Å². The molecule has 1 rings (SSSR count). The molecule has 2 unspecified atom stereocenters. The number of piperidine rings is 1. The van der Waals surface area contributed by atoms with Crippen molar-refractivity contribution in [3.63, 3.8) is 0 Å². The van der Waals surface area contributed by atoms with Gasteiger partial charge in [0, 0.05) is 18.5 Å². The van der Waals surface area contributed by atoms with Gasteiger partial charge in [-0.1, -0.05) is 18.6 Å². The average Bonchev–Trinajstić information content (AvgIpc) is 2.03. The van der Waals surface area contributed by atoms with Crippen LogP contribution < -0.4 is 5.73 Å². The van der Waals surface area contributed by atoms with Gasteiger partial charge in [0.05, 0.1) is 4.99 Å². The van der Waals surface area contributed by atoms with E-state index in [9.17, 15) is 0 Å². The van der Waals surface area contributed by atoms with E-state index in [1.54, 1.807) is 0 Å². The molecular formula is C10H20N2S. The molecule has 13 heavy (non-hydrogen) atoms. The molecule has 0 aromatic heterocycles. The lowest BCUT2D eigenvalue weighted by molar-refractivity contribution is 0.118. The monoisotopic (exact) mass is 200 g/mol. The summed E-state index contributed by atoms with van der Waals surface area (Å²) in [7, 11) is 0. The minimum atomic E-state index is 0.521. The van der Waals surface area contributed by atoms with E-state index in [-0.39, 0.29) is 0 Å². The van der Waals surface area contributed by atoms with Crippen LogP contribution in [0.15, 0.2) is 0 Å². The highest BCUT2D eigenvalue weighted by Crippen LogP contribution is 2.20. The van der Waals surface area contributed by atoms with Crippen molar-refractivity contribution in [2.45, 2.75) is 51.6 Å². The molecule has 1 fully saturated rings. The second-order valence-electron chi connectivity index (χ2n) is 4.10. The number of nitrogens with two attached hydrogens (primary N) is 1. The fourth-order valence-corrected chi connectivity index (χ4v) is 2.42. The third-order valence-corrected chi connectivity index (χ3v) is 3.08. The maximum absolute atomic E-state index is 5.55. The number of nitrogens with zero attached hydrogens (tertiary/aromatic N) is 1. The molecular weight excluding hydrogens is 180 g/mol. The van der Waals surface area contributed by atoms with Gasteiger partial charge in [-0.2, -0.15) is 0 Å². The lowest BCUT2D eigenvalue weighted by Crippen LogP contribution is -2.44. The Morgan fingerprint density at radius 1 is 1.62 bits per heavy atom. The molecule has 1 aliphatic heterocycles. The molecule has 0 aliphatic carbocycles. The first-order valence-corrected chi connectivity index (χ1v) is 5.56. The first kappa shape index (κ1) is 10.9. The summed E-state index contributed by atoms with van der Waals surface area (Å²) in [6, 6.07) is 1.23. The lowest BCUT2D eigenvalue weighted by Gasteiger charge is -2.37. The molecule has 76 valence electrons. The van der Waals surface area contributed by atoms with Crippen LogP contribution in [0.2, 0.25) is 0 Å². The van der Waals surface area contributed by atoms with Gasteiger partial charge in [0.25, 0.3) is 0 Å². The molecule has 0 spiro atoms. The van der Waals surface area contributed by atoms with Crippen LogP contribution in [0.3, 0.4) is 0 Å². The largest absolute Gasteiger partial charge is 0.393 e. The molecule has 0 aromatic rings. The van der Waals surface area contributed by atoms with Crippen molar-refractivity contribution >= 4 is 17.2 Å². The van der Waals surface area contributed by atoms with Gasteiger partial charge in [0.2, 0.25) is 0 Å². The lowest BCUT2D eigenvalue weighted by atomic mass is 10.0. The van der Waals surface area contributed by atoms with Crippen molar-refractivity contribution in [1.82, 2.24) is 4.90 Å². The van der Waals surface area contributed by atoms with Gasteiger partial charge in [0.15, 0.2) is 0 Å². The van der Waals surface area contributed by atoms with Crippen molar-refractivity contribution in [3.05, 3.63) is 0 Å². The predicted molar refractivity (Wildman–Crippen MR) is 60.9 cm³/mol. The zero-order chi connectivity index (χ0) is 9.84. The van der Waals surface area contributed by atoms with Crippen LogP contribution in [-0.4, -0.2) is 28.5 Å². The summed E-state index contributed by atoms with van der Waals surface area (Å²) in [5.74, 6) is 0. The van der Waals surface area contributed by atoms with E-state index in [0.717, 1.165) is 6.42 Å². The summed E-state index contributed by atoms with van der Waals surface area (Å²) in [6.45, 7) is 5.74. The van der Waals surface area contributed by atoms with Crippen LogP contribution in [0.4, 0.5) is 0 Å². The number of likely N-dealkylation sites (tertiary alicyclic amines) is 1. The van der Waals surface area contributed by atoms with Crippen LogP contribution in [0.5, 0.6) is 0 Å². The highest BCUT2D eigenvalue weighted by molar-refractivity contribution is 7.80. The molecule has 0 saturated carbocycles. The first-order chi connectivity index (χ1) is 6.11. The van der Waals surface area contributed by atoms with Crippen molar-refractivity contribution in [2.75, 3.05) is 6.54 Å².